The Bertz CT molecular complexity index is 957. The summed E-state index contributed by atoms with van der Waals surface area (Å²) in [6, 6.07) is 14.4. The van der Waals surface area contributed by atoms with Gasteiger partial charge in [-0.25, -0.2) is 8.42 Å². The van der Waals surface area contributed by atoms with E-state index in [4.69, 9.17) is 9.47 Å². The van der Waals surface area contributed by atoms with Crippen LogP contribution in [0.15, 0.2) is 53.4 Å². The Morgan fingerprint density at radius 1 is 1.17 bits per heavy atom. The van der Waals surface area contributed by atoms with Crippen LogP contribution < -0.4 is 10.1 Å². The number of nitrogens with zero attached hydrogens (tertiary/aromatic N) is 1. The van der Waals surface area contributed by atoms with Crippen LogP contribution in [0.5, 0.6) is 5.75 Å². The molecule has 0 spiro atoms. The van der Waals surface area contributed by atoms with Crippen LogP contribution in [0.1, 0.15) is 29.3 Å². The molecule has 1 saturated heterocycles. The van der Waals surface area contributed by atoms with Gasteiger partial charge in [0.15, 0.2) is 0 Å². The molecule has 0 saturated carbocycles. The number of morpholine rings is 1. The minimum atomic E-state index is -3.70. The van der Waals surface area contributed by atoms with E-state index < -0.39 is 10.0 Å². The van der Waals surface area contributed by atoms with Crippen LogP contribution in [0.4, 0.5) is 0 Å². The molecule has 0 aromatic heterocycles. The molecular formula is C22H28N2O5S. The highest BCUT2D eigenvalue weighted by Crippen LogP contribution is 2.25. The summed E-state index contributed by atoms with van der Waals surface area (Å²) < 4.78 is 37.8. The number of carbonyl (C=O) groups is 1. The maximum atomic E-state index is 12.9. The first-order valence-corrected chi connectivity index (χ1v) is 11.5. The third-order valence-electron chi connectivity index (χ3n) is 5.11. The van der Waals surface area contributed by atoms with Crippen LogP contribution in [0.3, 0.4) is 0 Å². The fraction of sp³-hybridized carbons (Fsp3) is 0.409. The van der Waals surface area contributed by atoms with Crippen molar-refractivity contribution in [3.63, 3.8) is 0 Å². The van der Waals surface area contributed by atoms with Crippen LogP contribution in [0.25, 0.3) is 0 Å². The van der Waals surface area contributed by atoms with Gasteiger partial charge in [0, 0.05) is 19.1 Å². The third-order valence-corrected chi connectivity index (χ3v) is 7.00. The second-order valence-corrected chi connectivity index (χ2v) is 9.22. The molecule has 0 aliphatic carbocycles. The van der Waals surface area contributed by atoms with E-state index in [1.165, 1.54) is 35.2 Å². The molecule has 1 amide bonds. The first-order chi connectivity index (χ1) is 14.4. The minimum absolute atomic E-state index is 0.0762. The number of benzene rings is 2. The summed E-state index contributed by atoms with van der Waals surface area (Å²) in [7, 11) is -2.24. The first-order valence-electron chi connectivity index (χ1n) is 10.0. The molecule has 1 fully saturated rings. The van der Waals surface area contributed by atoms with Crippen molar-refractivity contribution in [2.75, 3.05) is 33.4 Å². The molecule has 1 aliphatic heterocycles. The first kappa shape index (κ1) is 22.3. The Morgan fingerprint density at radius 2 is 1.87 bits per heavy atom. The van der Waals surface area contributed by atoms with Crippen molar-refractivity contribution >= 4 is 15.9 Å². The average Bonchev–Trinajstić information content (AvgIpc) is 2.78. The number of aryl methyl sites for hydroxylation is 1. The number of hydrogen-bond donors (Lipinski definition) is 1. The number of sulfonamides is 1. The Labute approximate surface area is 178 Å². The van der Waals surface area contributed by atoms with E-state index >= 15 is 0 Å². The van der Waals surface area contributed by atoms with Gasteiger partial charge in [-0.05, 0) is 43.5 Å². The van der Waals surface area contributed by atoms with E-state index in [0.717, 1.165) is 12.8 Å². The lowest BCUT2D eigenvalue weighted by atomic mass is 10.1. The van der Waals surface area contributed by atoms with Gasteiger partial charge >= 0.3 is 0 Å². The standard InChI is InChI=1S/C22H28N2O5S/c1-17(8-9-18-6-4-3-5-7-18)23-22(25)20-16-19(10-11-21(20)28-2)30(26,27)24-12-14-29-15-13-24/h3-7,10-11,16-17H,8-9,12-15H2,1-2H3,(H,23,25)/t17-/m0/s1. The quantitative estimate of drug-likeness (QED) is 0.693. The molecule has 3 rings (SSSR count). The van der Waals surface area contributed by atoms with Crippen molar-refractivity contribution in [3.05, 3.63) is 59.7 Å². The van der Waals surface area contributed by atoms with Crippen LogP contribution in [0, 0.1) is 0 Å². The maximum Gasteiger partial charge on any atom is 0.255 e. The van der Waals surface area contributed by atoms with Crippen molar-refractivity contribution in [2.24, 2.45) is 0 Å². The fourth-order valence-corrected chi connectivity index (χ4v) is 4.80. The molecule has 0 radical (unpaired) electrons. The van der Waals surface area contributed by atoms with Gasteiger partial charge in [0.05, 0.1) is 30.8 Å². The number of carbonyl (C=O) groups excluding carboxylic acids is 1. The van der Waals surface area contributed by atoms with Crippen molar-refractivity contribution in [3.8, 4) is 5.75 Å². The molecule has 1 aliphatic rings. The molecule has 2 aromatic carbocycles. The van der Waals surface area contributed by atoms with Crippen LogP contribution in [-0.2, 0) is 21.2 Å². The molecule has 1 atom stereocenters. The van der Waals surface area contributed by atoms with Gasteiger partial charge < -0.3 is 14.8 Å². The van der Waals surface area contributed by atoms with Gasteiger partial charge in [-0.15, -0.1) is 0 Å². The molecule has 1 heterocycles. The lowest BCUT2D eigenvalue weighted by Crippen LogP contribution is -2.40. The summed E-state index contributed by atoms with van der Waals surface area (Å²) in [5.41, 5.74) is 1.41. The number of ether oxygens (including phenoxy) is 2. The lowest BCUT2D eigenvalue weighted by Gasteiger charge is -2.26. The van der Waals surface area contributed by atoms with Crippen molar-refractivity contribution < 1.29 is 22.7 Å². The number of nitrogens with one attached hydrogen (secondary N) is 1. The zero-order valence-electron chi connectivity index (χ0n) is 17.3. The van der Waals surface area contributed by atoms with Crippen molar-refractivity contribution in [1.29, 1.82) is 0 Å². The van der Waals surface area contributed by atoms with E-state index in [0.29, 0.717) is 32.1 Å². The predicted octanol–water partition coefficient (Wildman–Crippen LogP) is 2.47. The van der Waals surface area contributed by atoms with Gasteiger partial charge in [0.1, 0.15) is 5.75 Å². The number of rotatable bonds is 8. The largest absolute Gasteiger partial charge is 0.496 e. The topological polar surface area (TPSA) is 84.9 Å². The average molecular weight is 433 g/mol. The SMILES string of the molecule is COc1ccc(S(=O)(=O)N2CCOCC2)cc1C(=O)N[C@@H](C)CCc1ccccc1. The minimum Gasteiger partial charge on any atom is -0.496 e. The van der Waals surface area contributed by atoms with Crippen molar-refractivity contribution in [2.45, 2.75) is 30.7 Å². The van der Waals surface area contributed by atoms with Gasteiger partial charge in [-0.3, -0.25) is 4.79 Å². The predicted molar refractivity (Wildman–Crippen MR) is 114 cm³/mol. The third kappa shape index (κ3) is 5.38. The maximum absolute atomic E-state index is 12.9. The lowest BCUT2D eigenvalue weighted by molar-refractivity contribution is 0.0730. The van der Waals surface area contributed by atoms with Gasteiger partial charge in [-0.1, -0.05) is 30.3 Å². The van der Waals surface area contributed by atoms with Gasteiger partial charge in [0.25, 0.3) is 5.91 Å². The Balaban J connectivity index is 1.73. The second-order valence-electron chi connectivity index (χ2n) is 7.28. The van der Waals surface area contributed by atoms with E-state index in [1.807, 2.05) is 25.1 Å². The van der Waals surface area contributed by atoms with Gasteiger partial charge in [0.2, 0.25) is 10.0 Å². The highest BCUT2D eigenvalue weighted by Gasteiger charge is 2.28. The Hall–Kier alpha value is -2.42. The fourth-order valence-electron chi connectivity index (χ4n) is 3.36. The van der Waals surface area contributed by atoms with Crippen LogP contribution in [0.2, 0.25) is 0 Å². The Kier molecular flexibility index (Phi) is 7.47. The van der Waals surface area contributed by atoms with Crippen molar-refractivity contribution in [1.82, 2.24) is 9.62 Å². The summed E-state index contributed by atoms with van der Waals surface area (Å²) >= 11 is 0. The van der Waals surface area contributed by atoms with E-state index in [9.17, 15) is 13.2 Å². The highest BCUT2D eigenvalue weighted by molar-refractivity contribution is 7.89. The Morgan fingerprint density at radius 3 is 2.53 bits per heavy atom. The molecular weight excluding hydrogens is 404 g/mol. The molecule has 1 N–H and O–H groups in total. The summed E-state index contributed by atoms with van der Waals surface area (Å²) in [5, 5.41) is 2.95. The van der Waals surface area contributed by atoms with Crippen LogP contribution >= 0.6 is 0 Å². The molecule has 2 aromatic rings. The summed E-state index contributed by atoms with van der Waals surface area (Å²) in [6.07, 6.45) is 1.61. The molecule has 7 nitrogen and oxygen atoms in total. The summed E-state index contributed by atoms with van der Waals surface area (Å²) in [5.74, 6) is -0.0184. The number of amides is 1. The molecule has 8 heteroatoms. The van der Waals surface area contributed by atoms with Gasteiger partial charge in [-0.2, -0.15) is 4.31 Å². The smallest absolute Gasteiger partial charge is 0.255 e. The molecule has 0 unspecified atom stereocenters. The second kappa shape index (κ2) is 10.1. The number of methoxy groups -OCH3 is 1. The van der Waals surface area contributed by atoms with Crippen LogP contribution in [-0.4, -0.2) is 58.1 Å². The molecule has 0 bridgehead atoms. The monoisotopic (exact) mass is 432 g/mol. The van der Waals surface area contributed by atoms with E-state index in [-0.39, 0.29) is 22.4 Å². The molecule has 30 heavy (non-hydrogen) atoms. The zero-order chi connectivity index (χ0) is 21.6. The van der Waals surface area contributed by atoms with E-state index in [1.54, 1.807) is 0 Å². The molecule has 162 valence electrons. The summed E-state index contributed by atoms with van der Waals surface area (Å²) in [4.78, 5) is 13.0. The summed E-state index contributed by atoms with van der Waals surface area (Å²) in [6.45, 7) is 3.25. The normalized spacial score (nSPS) is 16.1. The van der Waals surface area contributed by atoms with E-state index in [2.05, 4.69) is 17.4 Å². The number of hydrogen-bond acceptors (Lipinski definition) is 5. The highest BCUT2D eigenvalue weighted by atomic mass is 32.2. The zero-order valence-corrected chi connectivity index (χ0v) is 18.2.